The second-order valence-corrected chi connectivity index (χ2v) is 4.80. The van der Waals surface area contributed by atoms with Gasteiger partial charge in [-0.3, -0.25) is 9.78 Å². The normalized spacial score (nSPS) is 12.2. The molecule has 0 spiro atoms. The maximum atomic E-state index is 11.7. The van der Waals surface area contributed by atoms with Crippen molar-refractivity contribution in [2.45, 2.75) is 12.2 Å². The van der Waals surface area contributed by atoms with E-state index in [4.69, 9.17) is 11.6 Å². The highest BCUT2D eigenvalue weighted by Crippen LogP contribution is 2.13. The molecule has 0 bridgehead atoms. The lowest BCUT2D eigenvalue weighted by Crippen LogP contribution is -2.29. The van der Waals surface area contributed by atoms with Crippen LogP contribution in [0, 0.1) is 0 Å². The largest absolute Gasteiger partial charge is 0.351 e. The van der Waals surface area contributed by atoms with Crippen LogP contribution in [-0.4, -0.2) is 28.9 Å². The van der Waals surface area contributed by atoms with Crippen LogP contribution in [0.2, 0.25) is 5.02 Å². The maximum absolute atomic E-state index is 11.7. The zero-order chi connectivity index (χ0) is 11.3. The number of nitrogens with zero attached hydrogens (tertiary/aromatic N) is 1. The number of pyridine rings is 1. The van der Waals surface area contributed by atoms with Gasteiger partial charge in [0.25, 0.3) is 5.91 Å². The lowest BCUT2D eigenvalue weighted by molar-refractivity contribution is 0.0954. The maximum Gasteiger partial charge on any atom is 0.252 e. The Hall–Kier alpha value is -0.740. The summed E-state index contributed by atoms with van der Waals surface area (Å²) in [6.45, 7) is 2.69. The molecule has 1 rings (SSSR count). The molecule has 1 aromatic rings. The number of hydrogen-bond donors (Lipinski definition) is 1. The molecule has 0 radical (unpaired) electrons. The molecule has 0 aromatic carbocycles. The molecule has 1 amide bonds. The van der Waals surface area contributed by atoms with Crippen molar-refractivity contribution in [2.24, 2.45) is 0 Å². The minimum atomic E-state index is -0.150. The van der Waals surface area contributed by atoms with Gasteiger partial charge in [-0.25, -0.2) is 0 Å². The molecule has 15 heavy (non-hydrogen) atoms. The third kappa shape index (κ3) is 3.72. The molecule has 1 N–H and O–H groups in total. The van der Waals surface area contributed by atoms with Crippen LogP contribution in [0.3, 0.4) is 0 Å². The average molecular weight is 245 g/mol. The molecule has 0 saturated heterocycles. The van der Waals surface area contributed by atoms with Gasteiger partial charge in [0, 0.05) is 24.2 Å². The molecule has 0 fully saturated rings. The Bertz CT molecular complexity index is 346. The van der Waals surface area contributed by atoms with Crippen LogP contribution >= 0.6 is 23.4 Å². The summed E-state index contributed by atoms with van der Waals surface area (Å²) < 4.78 is 0. The summed E-state index contributed by atoms with van der Waals surface area (Å²) in [5, 5.41) is 3.60. The Balaban J connectivity index is 2.58. The number of carbonyl (C=O) groups is 1. The van der Waals surface area contributed by atoms with Gasteiger partial charge in [0.05, 0.1) is 10.6 Å². The second-order valence-electron chi connectivity index (χ2n) is 3.11. The molecule has 1 heterocycles. The highest BCUT2D eigenvalue weighted by Gasteiger charge is 2.10. The molecule has 1 aromatic heterocycles. The van der Waals surface area contributed by atoms with Gasteiger partial charge in [0.1, 0.15) is 0 Å². The third-order valence-corrected chi connectivity index (χ3v) is 3.24. The lowest BCUT2D eigenvalue weighted by atomic mass is 10.2. The molecule has 1 unspecified atom stereocenters. The van der Waals surface area contributed by atoms with E-state index < -0.39 is 0 Å². The lowest BCUT2D eigenvalue weighted by Gasteiger charge is -2.10. The Morgan fingerprint density at radius 3 is 3.07 bits per heavy atom. The summed E-state index contributed by atoms with van der Waals surface area (Å²) in [6.07, 6.45) is 5.03. The first-order valence-corrected chi connectivity index (χ1v) is 6.22. The molecule has 1 atom stereocenters. The van der Waals surface area contributed by atoms with E-state index in [-0.39, 0.29) is 5.91 Å². The Morgan fingerprint density at radius 1 is 1.73 bits per heavy atom. The van der Waals surface area contributed by atoms with E-state index in [1.807, 2.05) is 6.26 Å². The van der Waals surface area contributed by atoms with Gasteiger partial charge in [0.2, 0.25) is 0 Å². The monoisotopic (exact) mass is 244 g/mol. The van der Waals surface area contributed by atoms with Crippen LogP contribution in [0.25, 0.3) is 0 Å². The van der Waals surface area contributed by atoms with Crippen LogP contribution in [0.5, 0.6) is 0 Å². The van der Waals surface area contributed by atoms with Crippen LogP contribution in [0.1, 0.15) is 17.3 Å². The van der Waals surface area contributed by atoms with Crippen LogP contribution < -0.4 is 5.32 Å². The first-order chi connectivity index (χ1) is 7.15. The van der Waals surface area contributed by atoms with Crippen molar-refractivity contribution in [3.8, 4) is 0 Å². The topological polar surface area (TPSA) is 42.0 Å². The fourth-order valence-electron chi connectivity index (χ4n) is 0.974. The van der Waals surface area contributed by atoms with Gasteiger partial charge in [-0.2, -0.15) is 11.8 Å². The van der Waals surface area contributed by atoms with Crippen molar-refractivity contribution in [3.63, 3.8) is 0 Å². The van der Waals surface area contributed by atoms with E-state index in [1.54, 1.807) is 24.0 Å². The SMILES string of the molecule is CSC(C)CNC(=O)c1ccncc1Cl. The average Bonchev–Trinajstić information content (AvgIpc) is 2.26. The summed E-state index contributed by atoms with van der Waals surface area (Å²) >= 11 is 7.55. The van der Waals surface area contributed by atoms with Gasteiger partial charge < -0.3 is 5.32 Å². The summed E-state index contributed by atoms with van der Waals surface area (Å²) in [4.78, 5) is 15.5. The van der Waals surface area contributed by atoms with Crippen molar-refractivity contribution in [2.75, 3.05) is 12.8 Å². The smallest absolute Gasteiger partial charge is 0.252 e. The van der Waals surface area contributed by atoms with E-state index >= 15 is 0 Å². The highest BCUT2D eigenvalue weighted by atomic mass is 35.5. The first kappa shape index (κ1) is 12.3. The van der Waals surface area contributed by atoms with Crippen LogP contribution in [-0.2, 0) is 0 Å². The van der Waals surface area contributed by atoms with E-state index in [0.717, 1.165) is 0 Å². The van der Waals surface area contributed by atoms with Crippen molar-refractivity contribution < 1.29 is 4.79 Å². The molecule has 0 aliphatic carbocycles. The number of carbonyl (C=O) groups excluding carboxylic acids is 1. The molecule has 5 heteroatoms. The Kier molecular flexibility index (Phi) is 4.91. The molecule has 0 aliphatic rings. The van der Waals surface area contributed by atoms with Gasteiger partial charge >= 0.3 is 0 Å². The van der Waals surface area contributed by atoms with Gasteiger partial charge in [-0.15, -0.1) is 0 Å². The number of amides is 1. The minimum Gasteiger partial charge on any atom is -0.351 e. The molecule has 82 valence electrons. The molecule has 3 nitrogen and oxygen atoms in total. The molecular formula is C10H13ClN2OS. The van der Waals surface area contributed by atoms with Crippen LogP contribution in [0.15, 0.2) is 18.5 Å². The number of halogens is 1. The zero-order valence-corrected chi connectivity index (χ0v) is 10.2. The quantitative estimate of drug-likeness (QED) is 0.883. The number of hydrogen-bond acceptors (Lipinski definition) is 3. The van der Waals surface area contributed by atoms with Gasteiger partial charge in [0.15, 0.2) is 0 Å². The predicted molar refractivity (Wildman–Crippen MR) is 64.6 cm³/mol. The zero-order valence-electron chi connectivity index (χ0n) is 8.66. The summed E-state index contributed by atoms with van der Waals surface area (Å²) in [5.74, 6) is -0.150. The summed E-state index contributed by atoms with van der Waals surface area (Å²) in [7, 11) is 0. The van der Waals surface area contributed by atoms with E-state index in [2.05, 4.69) is 17.2 Å². The fraction of sp³-hybridized carbons (Fsp3) is 0.400. The van der Waals surface area contributed by atoms with E-state index in [9.17, 15) is 4.79 Å². The number of aromatic nitrogens is 1. The molecular weight excluding hydrogens is 232 g/mol. The highest BCUT2D eigenvalue weighted by molar-refractivity contribution is 7.99. The van der Waals surface area contributed by atoms with E-state index in [0.29, 0.717) is 22.4 Å². The number of nitrogens with one attached hydrogen (secondary N) is 1. The number of rotatable bonds is 4. The third-order valence-electron chi connectivity index (χ3n) is 1.97. The standard InChI is InChI=1S/C10H13ClN2OS/c1-7(15-2)5-13-10(14)8-3-4-12-6-9(8)11/h3-4,6-7H,5H2,1-2H3,(H,13,14). The van der Waals surface area contributed by atoms with Gasteiger partial charge in [-0.1, -0.05) is 18.5 Å². The predicted octanol–water partition coefficient (Wildman–Crippen LogP) is 2.22. The van der Waals surface area contributed by atoms with Crippen LogP contribution in [0.4, 0.5) is 0 Å². The van der Waals surface area contributed by atoms with Crippen molar-refractivity contribution in [1.82, 2.24) is 10.3 Å². The van der Waals surface area contributed by atoms with Crippen molar-refractivity contribution in [1.29, 1.82) is 0 Å². The summed E-state index contributed by atoms with van der Waals surface area (Å²) in [6, 6.07) is 1.61. The Morgan fingerprint density at radius 2 is 2.47 bits per heavy atom. The van der Waals surface area contributed by atoms with Crippen molar-refractivity contribution >= 4 is 29.3 Å². The second kappa shape index (κ2) is 5.98. The number of thioether (sulfide) groups is 1. The fourth-order valence-corrected chi connectivity index (χ4v) is 1.43. The molecule has 0 saturated carbocycles. The summed E-state index contributed by atoms with van der Waals surface area (Å²) in [5.41, 5.74) is 0.472. The van der Waals surface area contributed by atoms with Gasteiger partial charge in [-0.05, 0) is 12.3 Å². The molecule has 0 aliphatic heterocycles. The van der Waals surface area contributed by atoms with E-state index in [1.165, 1.54) is 6.20 Å². The minimum absolute atomic E-state index is 0.150. The first-order valence-electron chi connectivity index (χ1n) is 4.55. The Labute approximate surface area is 98.6 Å². The van der Waals surface area contributed by atoms with Crippen molar-refractivity contribution in [3.05, 3.63) is 29.0 Å².